The fourth-order valence-corrected chi connectivity index (χ4v) is 2.59. The van der Waals surface area contributed by atoms with Gasteiger partial charge < -0.3 is 9.84 Å². The second-order valence-electron chi connectivity index (χ2n) is 3.95. The predicted octanol–water partition coefficient (Wildman–Crippen LogP) is 2.34. The Labute approximate surface area is 115 Å². The molecule has 20 heavy (non-hydrogen) atoms. The first-order chi connectivity index (χ1) is 9.42. The molecule has 0 fully saturated rings. The Morgan fingerprint density at radius 3 is 2.35 bits per heavy atom. The van der Waals surface area contributed by atoms with Crippen LogP contribution in [0.1, 0.15) is 0 Å². The van der Waals surface area contributed by atoms with Gasteiger partial charge in [-0.05, 0) is 36.4 Å². The van der Waals surface area contributed by atoms with Crippen LogP contribution >= 0.6 is 0 Å². The van der Waals surface area contributed by atoms with Gasteiger partial charge >= 0.3 is 0 Å². The molecule has 0 aliphatic rings. The average molecular weight is 297 g/mol. The zero-order valence-electron chi connectivity index (χ0n) is 10.5. The van der Waals surface area contributed by atoms with Crippen LogP contribution in [0.3, 0.4) is 0 Å². The summed E-state index contributed by atoms with van der Waals surface area (Å²) in [4.78, 5) is 0.0202. The van der Waals surface area contributed by atoms with Crippen molar-refractivity contribution in [1.29, 1.82) is 0 Å². The summed E-state index contributed by atoms with van der Waals surface area (Å²) >= 11 is 0. The Balaban J connectivity index is 2.27. The summed E-state index contributed by atoms with van der Waals surface area (Å²) in [5.74, 6) is -0.919. The smallest absolute Gasteiger partial charge is 0.261 e. The van der Waals surface area contributed by atoms with Crippen LogP contribution in [-0.2, 0) is 10.0 Å². The molecule has 0 unspecified atom stereocenters. The molecule has 2 N–H and O–H groups in total. The summed E-state index contributed by atoms with van der Waals surface area (Å²) in [7, 11) is -2.35. The van der Waals surface area contributed by atoms with Gasteiger partial charge in [-0.15, -0.1) is 0 Å². The van der Waals surface area contributed by atoms with E-state index in [0.29, 0.717) is 5.75 Å². The SMILES string of the molecule is COc1ccc(S(=O)(=O)Nc2ccc(O)c(F)c2)cc1. The third kappa shape index (κ3) is 3.00. The molecular weight excluding hydrogens is 285 g/mol. The highest BCUT2D eigenvalue weighted by Gasteiger charge is 2.15. The summed E-state index contributed by atoms with van der Waals surface area (Å²) < 4.78 is 44.4. The molecule has 0 saturated heterocycles. The number of methoxy groups -OCH3 is 1. The topological polar surface area (TPSA) is 75.6 Å². The van der Waals surface area contributed by atoms with Gasteiger partial charge in [-0.25, -0.2) is 12.8 Å². The van der Waals surface area contributed by atoms with E-state index in [1.165, 1.54) is 37.4 Å². The van der Waals surface area contributed by atoms with Crippen molar-refractivity contribution in [3.05, 3.63) is 48.3 Å². The minimum absolute atomic E-state index is 0.0202. The highest BCUT2D eigenvalue weighted by atomic mass is 32.2. The van der Waals surface area contributed by atoms with Crippen LogP contribution in [0.15, 0.2) is 47.4 Å². The minimum Gasteiger partial charge on any atom is -0.505 e. The minimum atomic E-state index is -3.82. The maximum absolute atomic E-state index is 13.2. The van der Waals surface area contributed by atoms with Crippen molar-refractivity contribution < 1.29 is 22.7 Å². The van der Waals surface area contributed by atoms with E-state index < -0.39 is 21.6 Å². The monoisotopic (exact) mass is 297 g/mol. The van der Waals surface area contributed by atoms with Gasteiger partial charge in [0.2, 0.25) is 0 Å². The number of phenols is 1. The molecule has 0 aliphatic heterocycles. The van der Waals surface area contributed by atoms with E-state index in [-0.39, 0.29) is 10.6 Å². The van der Waals surface area contributed by atoms with Crippen molar-refractivity contribution in [2.45, 2.75) is 4.90 Å². The maximum atomic E-state index is 13.2. The summed E-state index contributed by atoms with van der Waals surface area (Å²) in [6.07, 6.45) is 0. The molecule has 2 rings (SSSR count). The lowest BCUT2D eigenvalue weighted by Crippen LogP contribution is -2.12. The molecule has 0 aromatic heterocycles. The molecule has 0 saturated carbocycles. The largest absolute Gasteiger partial charge is 0.505 e. The first-order valence-electron chi connectivity index (χ1n) is 5.58. The van der Waals surface area contributed by atoms with E-state index in [9.17, 15) is 12.8 Å². The van der Waals surface area contributed by atoms with Crippen LogP contribution < -0.4 is 9.46 Å². The molecule has 7 heteroatoms. The summed E-state index contributed by atoms with van der Waals surface area (Å²) in [5, 5.41) is 9.05. The number of ether oxygens (including phenoxy) is 1. The fraction of sp³-hybridized carbons (Fsp3) is 0.0769. The first-order valence-corrected chi connectivity index (χ1v) is 7.06. The van der Waals surface area contributed by atoms with E-state index >= 15 is 0 Å². The average Bonchev–Trinajstić information content (AvgIpc) is 2.43. The molecule has 0 heterocycles. The lowest BCUT2D eigenvalue weighted by atomic mass is 10.3. The summed E-state index contributed by atoms with van der Waals surface area (Å²) in [5.41, 5.74) is 0.0242. The Morgan fingerprint density at radius 1 is 1.15 bits per heavy atom. The van der Waals surface area contributed by atoms with Gasteiger partial charge in [0, 0.05) is 6.07 Å². The Morgan fingerprint density at radius 2 is 1.80 bits per heavy atom. The number of hydrogen-bond acceptors (Lipinski definition) is 4. The third-order valence-corrected chi connectivity index (χ3v) is 3.97. The maximum Gasteiger partial charge on any atom is 0.261 e. The second-order valence-corrected chi connectivity index (χ2v) is 5.63. The first kappa shape index (κ1) is 14.1. The summed E-state index contributed by atoms with van der Waals surface area (Å²) in [6.45, 7) is 0. The molecule has 2 aromatic rings. The van der Waals surface area contributed by atoms with Gasteiger partial charge in [0.05, 0.1) is 17.7 Å². The molecule has 0 amide bonds. The number of anilines is 1. The lowest BCUT2D eigenvalue weighted by molar-refractivity contribution is 0.414. The number of aromatic hydroxyl groups is 1. The molecule has 0 aliphatic carbocycles. The number of hydrogen-bond donors (Lipinski definition) is 2. The Bertz CT molecular complexity index is 714. The van der Waals surface area contributed by atoms with Gasteiger partial charge in [0.25, 0.3) is 10.0 Å². The van der Waals surface area contributed by atoms with Crippen LogP contribution in [0.4, 0.5) is 10.1 Å². The van der Waals surface area contributed by atoms with Gasteiger partial charge in [-0.2, -0.15) is 0 Å². The highest BCUT2D eigenvalue weighted by Crippen LogP contribution is 2.23. The molecule has 0 spiro atoms. The zero-order valence-corrected chi connectivity index (χ0v) is 11.3. The van der Waals surface area contributed by atoms with Crippen molar-refractivity contribution in [3.63, 3.8) is 0 Å². The third-order valence-electron chi connectivity index (χ3n) is 2.57. The van der Waals surface area contributed by atoms with Crippen LogP contribution in [-0.4, -0.2) is 20.6 Å². The summed E-state index contributed by atoms with van der Waals surface area (Å²) in [6, 6.07) is 8.99. The van der Waals surface area contributed by atoms with Crippen molar-refractivity contribution in [2.75, 3.05) is 11.8 Å². The molecule has 0 radical (unpaired) electrons. The predicted molar refractivity (Wildman–Crippen MR) is 71.9 cm³/mol. The number of phenolic OH excluding ortho intramolecular Hbond substituents is 1. The number of benzene rings is 2. The number of halogens is 1. The second kappa shape index (κ2) is 5.38. The number of sulfonamides is 1. The molecule has 5 nitrogen and oxygen atoms in total. The number of nitrogens with one attached hydrogen (secondary N) is 1. The van der Waals surface area contributed by atoms with Crippen LogP contribution in [0.5, 0.6) is 11.5 Å². The van der Waals surface area contributed by atoms with Gasteiger partial charge in [-0.1, -0.05) is 0 Å². The van der Waals surface area contributed by atoms with Gasteiger partial charge in [-0.3, -0.25) is 4.72 Å². The van der Waals surface area contributed by atoms with Gasteiger partial charge in [0.15, 0.2) is 11.6 Å². The highest BCUT2D eigenvalue weighted by molar-refractivity contribution is 7.92. The normalized spacial score (nSPS) is 11.1. The lowest BCUT2D eigenvalue weighted by Gasteiger charge is -2.09. The van der Waals surface area contributed by atoms with E-state index in [4.69, 9.17) is 9.84 Å². The molecular formula is C13H12FNO4S. The van der Waals surface area contributed by atoms with Crippen molar-refractivity contribution in [3.8, 4) is 11.5 Å². The van der Waals surface area contributed by atoms with Gasteiger partial charge in [0.1, 0.15) is 5.75 Å². The Hall–Kier alpha value is -2.28. The molecule has 106 valence electrons. The van der Waals surface area contributed by atoms with E-state index in [2.05, 4.69) is 4.72 Å². The van der Waals surface area contributed by atoms with E-state index in [1.54, 1.807) is 0 Å². The van der Waals surface area contributed by atoms with E-state index in [0.717, 1.165) is 12.1 Å². The zero-order chi connectivity index (χ0) is 14.8. The fourth-order valence-electron chi connectivity index (χ4n) is 1.54. The van der Waals surface area contributed by atoms with Crippen LogP contribution in [0.2, 0.25) is 0 Å². The van der Waals surface area contributed by atoms with Crippen LogP contribution in [0.25, 0.3) is 0 Å². The van der Waals surface area contributed by atoms with Crippen LogP contribution in [0, 0.1) is 5.82 Å². The standard InChI is InChI=1S/C13H12FNO4S/c1-19-10-3-5-11(6-4-10)20(17,18)15-9-2-7-13(16)12(14)8-9/h2-8,15-16H,1H3. The molecule has 0 bridgehead atoms. The van der Waals surface area contributed by atoms with Crippen molar-refractivity contribution in [2.24, 2.45) is 0 Å². The van der Waals surface area contributed by atoms with Crippen molar-refractivity contribution in [1.82, 2.24) is 0 Å². The quantitative estimate of drug-likeness (QED) is 0.849. The Kier molecular flexibility index (Phi) is 3.80. The number of rotatable bonds is 4. The van der Waals surface area contributed by atoms with Crippen molar-refractivity contribution >= 4 is 15.7 Å². The van der Waals surface area contributed by atoms with E-state index in [1.807, 2.05) is 0 Å². The molecule has 2 aromatic carbocycles. The molecule has 0 atom stereocenters.